The van der Waals surface area contributed by atoms with Crippen LogP contribution in [0.1, 0.15) is 12.8 Å². The van der Waals surface area contributed by atoms with Crippen LogP contribution >= 0.6 is 0 Å². The minimum atomic E-state index is -0.261. The molecule has 7 heteroatoms. The van der Waals surface area contributed by atoms with E-state index in [0.717, 1.165) is 37.6 Å². The normalized spacial score (nSPS) is 16.9. The molecule has 1 amide bonds. The molecule has 0 spiro atoms. The van der Waals surface area contributed by atoms with Gasteiger partial charge in [-0.2, -0.15) is 0 Å². The Labute approximate surface area is 119 Å². The number of primary amides is 1. The number of anilines is 2. The number of hydrogen-bond acceptors (Lipinski definition) is 6. The Morgan fingerprint density at radius 2 is 2.15 bits per heavy atom. The molecule has 7 nitrogen and oxygen atoms in total. The van der Waals surface area contributed by atoms with Gasteiger partial charge in [-0.15, -0.1) is 0 Å². The summed E-state index contributed by atoms with van der Waals surface area (Å²) in [6.07, 6.45) is 3.53. The molecular formula is C13H22N6O. The lowest BCUT2D eigenvalue weighted by Crippen LogP contribution is -2.43. The Morgan fingerprint density at radius 3 is 2.75 bits per heavy atom. The van der Waals surface area contributed by atoms with E-state index >= 15 is 0 Å². The number of amides is 1. The van der Waals surface area contributed by atoms with Gasteiger partial charge in [0.05, 0.1) is 6.54 Å². The fourth-order valence-corrected chi connectivity index (χ4v) is 2.34. The first-order valence-corrected chi connectivity index (χ1v) is 6.81. The molecule has 0 unspecified atom stereocenters. The molecular weight excluding hydrogens is 256 g/mol. The lowest BCUT2D eigenvalue weighted by molar-refractivity contribution is -0.119. The summed E-state index contributed by atoms with van der Waals surface area (Å²) in [5.74, 6) is 1.47. The predicted molar refractivity (Wildman–Crippen MR) is 78.6 cm³/mol. The zero-order valence-electron chi connectivity index (χ0n) is 12.0. The number of rotatable bonds is 5. The number of nitrogens with two attached hydrogens (primary N) is 1. The molecule has 1 fully saturated rings. The zero-order valence-corrected chi connectivity index (χ0v) is 12.0. The van der Waals surface area contributed by atoms with Gasteiger partial charge in [0.2, 0.25) is 5.91 Å². The fraction of sp³-hybridized carbons (Fsp3) is 0.615. The van der Waals surface area contributed by atoms with Crippen molar-refractivity contribution in [2.45, 2.75) is 18.9 Å². The largest absolute Gasteiger partial charge is 0.369 e. The van der Waals surface area contributed by atoms with E-state index in [-0.39, 0.29) is 5.91 Å². The number of likely N-dealkylation sites (tertiary alicyclic amines) is 1. The number of nitrogens with one attached hydrogen (secondary N) is 1. The molecule has 0 aliphatic carbocycles. The van der Waals surface area contributed by atoms with Crippen molar-refractivity contribution in [3.8, 4) is 0 Å². The van der Waals surface area contributed by atoms with Crippen LogP contribution in [0.4, 0.5) is 11.6 Å². The highest BCUT2D eigenvalue weighted by Gasteiger charge is 2.20. The minimum absolute atomic E-state index is 0.261. The monoisotopic (exact) mass is 278 g/mol. The molecule has 1 aromatic heterocycles. The van der Waals surface area contributed by atoms with E-state index in [4.69, 9.17) is 5.73 Å². The summed E-state index contributed by atoms with van der Waals surface area (Å²) in [5, 5.41) is 3.43. The van der Waals surface area contributed by atoms with Gasteiger partial charge >= 0.3 is 0 Å². The van der Waals surface area contributed by atoms with E-state index in [9.17, 15) is 4.79 Å². The predicted octanol–water partition coefficient (Wildman–Crippen LogP) is -0.0958. The summed E-state index contributed by atoms with van der Waals surface area (Å²) in [4.78, 5) is 23.4. The summed E-state index contributed by atoms with van der Waals surface area (Å²) < 4.78 is 0. The summed E-state index contributed by atoms with van der Waals surface area (Å²) in [5.41, 5.74) is 5.21. The summed E-state index contributed by atoms with van der Waals surface area (Å²) in [6, 6.07) is 2.32. The molecule has 3 N–H and O–H groups in total. The summed E-state index contributed by atoms with van der Waals surface area (Å²) in [7, 11) is 3.91. The second kappa shape index (κ2) is 6.51. The highest BCUT2D eigenvalue weighted by molar-refractivity contribution is 5.75. The number of carbonyl (C=O) groups is 1. The van der Waals surface area contributed by atoms with E-state index in [2.05, 4.69) is 20.2 Å². The molecule has 20 heavy (non-hydrogen) atoms. The molecule has 0 bridgehead atoms. The number of carbonyl (C=O) groups excluding carboxylic acids is 1. The Hall–Kier alpha value is -1.89. The quantitative estimate of drug-likeness (QED) is 0.782. The minimum Gasteiger partial charge on any atom is -0.369 e. The maximum Gasteiger partial charge on any atom is 0.231 e. The number of aromatic nitrogens is 2. The average molecular weight is 278 g/mol. The van der Waals surface area contributed by atoms with Gasteiger partial charge in [-0.1, -0.05) is 0 Å². The molecule has 110 valence electrons. The Balaban J connectivity index is 1.86. The van der Waals surface area contributed by atoms with Crippen LogP contribution in [0.25, 0.3) is 0 Å². The van der Waals surface area contributed by atoms with E-state index in [0.29, 0.717) is 12.6 Å². The van der Waals surface area contributed by atoms with Gasteiger partial charge in [0.25, 0.3) is 0 Å². The van der Waals surface area contributed by atoms with Crippen LogP contribution in [0.15, 0.2) is 12.4 Å². The van der Waals surface area contributed by atoms with E-state index in [1.54, 1.807) is 6.33 Å². The molecule has 0 saturated carbocycles. The van der Waals surface area contributed by atoms with Crippen LogP contribution in [0.5, 0.6) is 0 Å². The molecule has 0 atom stereocenters. The van der Waals surface area contributed by atoms with Crippen molar-refractivity contribution in [3.63, 3.8) is 0 Å². The number of nitrogens with zero attached hydrogens (tertiary/aromatic N) is 4. The fourth-order valence-electron chi connectivity index (χ4n) is 2.34. The van der Waals surface area contributed by atoms with Crippen molar-refractivity contribution in [3.05, 3.63) is 12.4 Å². The first kappa shape index (κ1) is 14.5. The molecule has 1 aliphatic rings. The van der Waals surface area contributed by atoms with Gasteiger partial charge in [-0.05, 0) is 12.8 Å². The molecule has 0 aromatic carbocycles. The molecule has 1 aliphatic heterocycles. The topological polar surface area (TPSA) is 87.4 Å². The van der Waals surface area contributed by atoms with Crippen molar-refractivity contribution in [2.75, 3.05) is 43.9 Å². The van der Waals surface area contributed by atoms with Gasteiger partial charge in [0.1, 0.15) is 18.0 Å². The molecule has 0 radical (unpaired) electrons. The number of piperidine rings is 1. The number of hydrogen-bond donors (Lipinski definition) is 2. The second-order valence-electron chi connectivity index (χ2n) is 5.32. The van der Waals surface area contributed by atoms with E-state index < -0.39 is 0 Å². The highest BCUT2D eigenvalue weighted by Crippen LogP contribution is 2.17. The Bertz CT molecular complexity index is 456. The van der Waals surface area contributed by atoms with Gasteiger partial charge in [-0.3, -0.25) is 9.69 Å². The Morgan fingerprint density at radius 1 is 1.45 bits per heavy atom. The van der Waals surface area contributed by atoms with Crippen LogP contribution in [0.2, 0.25) is 0 Å². The average Bonchev–Trinajstić information content (AvgIpc) is 2.41. The van der Waals surface area contributed by atoms with Crippen LogP contribution in [0, 0.1) is 0 Å². The van der Waals surface area contributed by atoms with Crippen molar-refractivity contribution >= 4 is 17.5 Å². The van der Waals surface area contributed by atoms with Gasteiger partial charge < -0.3 is 16.0 Å². The lowest BCUT2D eigenvalue weighted by atomic mass is 10.1. The van der Waals surface area contributed by atoms with Crippen LogP contribution < -0.4 is 16.0 Å². The third-order valence-corrected chi connectivity index (χ3v) is 3.43. The highest BCUT2D eigenvalue weighted by atomic mass is 16.1. The van der Waals surface area contributed by atoms with Crippen molar-refractivity contribution in [1.29, 1.82) is 0 Å². The van der Waals surface area contributed by atoms with E-state index in [1.807, 2.05) is 25.1 Å². The van der Waals surface area contributed by atoms with Gasteiger partial charge in [0, 0.05) is 39.3 Å². The van der Waals surface area contributed by atoms with Crippen molar-refractivity contribution < 1.29 is 4.79 Å². The SMILES string of the molecule is CN(C)c1cc(NC2CCN(CC(N)=O)CC2)ncn1. The van der Waals surface area contributed by atoms with Crippen molar-refractivity contribution in [2.24, 2.45) is 5.73 Å². The first-order valence-electron chi connectivity index (χ1n) is 6.81. The zero-order chi connectivity index (χ0) is 14.5. The van der Waals surface area contributed by atoms with E-state index in [1.165, 1.54) is 0 Å². The van der Waals surface area contributed by atoms with Crippen LogP contribution in [-0.4, -0.2) is 60.5 Å². The third-order valence-electron chi connectivity index (χ3n) is 3.43. The van der Waals surface area contributed by atoms with Crippen molar-refractivity contribution in [1.82, 2.24) is 14.9 Å². The summed E-state index contributed by atoms with van der Waals surface area (Å²) >= 11 is 0. The Kier molecular flexibility index (Phi) is 4.73. The summed E-state index contributed by atoms with van der Waals surface area (Å²) in [6.45, 7) is 2.11. The molecule has 1 saturated heterocycles. The standard InChI is InChI=1S/C13H22N6O/c1-18(2)13-7-12(15-9-16-13)17-10-3-5-19(6-4-10)8-11(14)20/h7,9-10H,3-6,8H2,1-2H3,(H2,14,20)(H,15,16,17). The van der Waals surface area contributed by atoms with Gasteiger partial charge in [0.15, 0.2) is 0 Å². The maximum atomic E-state index is 10.9. The first-order chi connectivity index (χ1) is 9.54. The molecule has 2 rings (SSSR count). The smallest absolute Gasteiger partial charge is 0.231 e. The molecule has 2 heterocycles. The van der Waals surface area contributed by atoms with Crippen LogP contribution in [0.3, 0.4) is 0 Å². The molecule has 1 aromatic rings. The third kappa shape index (κ3) is 4.06. The lowest BCUT2D eigenvalue weighted by Gasteiger charge is -2.31. The second-order valence-corrected chi connectivity index (χ2v) is 5.32. The van der Waals surface area contributed by atoms with Gasteiger partial charge in [-0.25, -0.2) is 9.97 Å². The maximum absolute atomic E-state index is 10.9. The van der Waals surface area contributed by atoms with Crippen LogP contribution in [-0.2, 0) is 4.79 Å².